The molecule has 0 aliphatic heterocycles. The van der Waals surface area contributed by atoms with Gasteiger partial charge >= 0.3 is 0 Å². The summed E-state index contributed by atoms with van der Waals surface area (Å²) < 4.78 is 11.1. The molecular formula is C9H20O2Si. The second-order valence-electron chi connectivity index (χ2n) is 2.92. The lowest BCUT2D eigenvalue weighted by molar-refractivity contribution is -0.145. The Morgan fingerprint density at radius 2 is 1.67 bits per heavy atom. The van der Waals surface area contributed by atoms with Crippen molar-refractivity contribution in [3.8, 4) is 0 Å². The van der Waals surface area contributed by atoms with Gasteiger partial charge in [-0.1, -0.05) is 20.4 Å². The van der Waals surface area contributed by atoms with Crippen molar-refractivity contribution >= 4 is 10.2 Å². The monoisotopic (exact) mass is 188 g/mol. The van der Waals surface area contributed by atoms with Crippen LogP contribution in [0.1, 0.15) is 26.7 Å². The number of rotatable bonds is 7. The van der Waals surface area contributed by atoms with E-state index in [2.05, 4.69) is 20.4 Å². The van der Waals surface area contributed by atoms with E-state index in [4.69, 9.17) is 9.47 Å². The fourth-order valence-electron chi connectivity index (χ4n) is 0.769. The zero-order valence-electron chi connectivity index (χ0n) is 8.43. The summed E-state index contributed by atoms with van der Waals surface area (Å²) in [5.41, 5.74) is -0.452. The molecule has 0 radical (unpaired) electrons. The third-order valence-corrected chi connectivity index (χ3v) is 2.54. The average Bonchev–Trinajstić information content (AvgIpc) is 2.11. The standard InChI is InChI=1S/C9H20O2Si/c1-4-7-10-9(12,6-3)11-8-5-2/h6H,3-5,7-8H2,1-2,12H3. The Bertz CT molecular complexity index is 118. The first-order valence-electron chi connectivity index (χ1n) is 4.60. The highest BCUT2D eigenvalue weighted by Crippen LogP contribution is 2.10. The van der Waals surface area contributed by atoms with Gasteiger partial charge < -0.3 is 9.47 Å². The predicted molar refractivity (Wildman–Crippen MR) is 55.4 cm³/mol. The fourth-order valence-corrected chi connectivity index (χ4v) is 1.18. The average molecular weight is 188 g/mol. The predicted octanol–water partition coefficient (Wildman–Crippen LogP) is 1.04. The molecule has 0 spiro atoms. The van der Waals surface area contributed by atoms with E-state index in [0.29, 0.717) is 0 Å². The smallest absolute Gasteiger partial charge is 0.159 e. The van der Waals surface area contributed by atoms with Gasteiger partial charge in [-0.3, -0.25) is 0 Å². The summed E-state index contributed by atoms with van der Waals surface area (Å²) in [6.07, 6.45) is 3.81. The molecule has 0 amide bonds. The molecule has 0 unspecified atom stereocenters. The summed E-state index contributed by atoms with van der Waals surface area (Å²) >= 11 is 0. The van der Waals surface area contributed by atoms with Crippen LogP contribution in [0.5, 0.6) is 0 Å². The molecule has 0 aromatic carbocycles. The largest absolute Gasteiger partial charge is 0.351 e. The van der Waals surface area contributed by atoms with Gasteiger partial charge in [-0.2, -0.15) is 0 Å². The molecule has 12 heavy (non-hydrogen) atoms. The highest BCUT2D eigenvalue weighted by molar-refractivity contribution is 6.14. The molecule has 0 aliphatic rings. The molecule has 0 aliphatic carbocycles. The Morgan fingerprint density at radius 1 is 1.25 bits per heavy atom. The summed E-state index contributed by atoms with van der Waals surface area (Å²) in [5.74, 6) is 0. The second-order valence-corrected chi connectivity index (χ2v) is 4.31. The van der Waals surface area contributed by atoms with Gasteiger partial charge in [-0.25, -0.2) is 0 Å². The second kappa shape index (κ2) is 6.40. The van der Waals surface area contributed by atoms with Crippen LogP contribution in [0.3, 0.4) is 0 Å². The van der Waals surface area contributed by atoms with Crippen molar-refractivity contribution < 1.29 is 9.47 Å². The molecule has 0 fully saturated rings. The van der Waals surface area contributed by atoms with Gasteiger partial charge in [0.05, 0.1) is 10.2 Å². The van der Waals surface area contributed by atoms with E-state index in [1.165, 1.54) is 0 Å². The fraction of sp³-hybridized carbons (Fsp3) is 0.778. The van der Waals surface area contributed by atoms with Gasteiger partial charge in [0.25, 0.3) is 0 Å². The van der Waals surface area contributed by atoms with E-state index in [-0.39, 0.29) is 0 Å². The van der Waals surface area contributed by atoms with Crippen LogP contribution in [0.2, 0.25) is 0 Å². The highest BCUT2D eigenvalue weighted by Gasteiger charge is 2.19. The van der Waals surface area contributed by atoms with Crippen LogP contribution in [0, 0.1) is 0 Å². The Morgan fingerprint density at radius 3 is 1.92 bits per heavy atom. The van der Waals surface area contributed by atoms with Crippen LogP contribution in [0.4, 0.5) is 0 Å². The van der Waals surface area contributed by atoms with Gasteiger partial charge in [0.1, 0.15) is 0 Å². The Balaban J connectivity index is 3.78. The molecule has 3 heteroatoms. The lowest BCUT2D eigenvalue weighted by Crippen LogP contribution is -2.34. The lowest BCUT2D eigenvalue weighted by atomic mass is 10.5. The van der Waals surface area contributed by atoms with Crippen molar-refractivity contribution in [2.75, 3.05) is 13.2 Å². The molecule has 0 atom stereocenters. The normalized spacial score (nSPS) is 11.8. The van der Waals surface area contributed by atoms with Crippen molar-refractivity contribution in [2.24, 2.45) is 0 Å². The van der Waals surface area contributed by atoms with Crippen LogP contribution in [0.15, 0.2) is 12.7 Å². The zero-order valence-corrected chi connectivity index (χ0v) is 10.4. The first kappa shape index (κ1) is 11.9. The molecule has 0 aromatic rings. The van der Waals surface area contributed by atoms with E-state index in [9.17, 15) is 0 Å². The van der Waals surface area contributed by atoms with Crippen molar-refractivity contribution in [2.45, 2.75) is 32.1 Å². The third kappa shape index (κ3) is 4.69. The quantitative estimate of drug-likeness (QED) is 0.338. The maximum atomic E-state index is 5.55. The van der Waals surface area contributed by atoms with Crippen LogP contribution in [0.25, 0.3) is 0 Å². The number of hydrogen-bond donors (Lipinski definition) is 0. The van der Waals surface area contributed by atoms with Crippen molar-refractivity contribution in [1.29, 1.82) is 0 Å². The zero-order chi connectivity index (χ0) is 9.45. The number of ether oxygens (including phenoxy) is 2. The van der Waals surface area contributed by atoms with Crippen LogP contribution < -0.4 is 0 Å². The summed E-state index contributed by atoms with van der Waals surface area (Å²) in [7, 11) is 0.835. The summed E-state index contributed by atoms with van der Waals surface area (Å²) in [6.45, 7) is 9.40. The van der Waals surface area contributed by atoms with Gasteiger partial charge in [-0.05, 0) is 18.9 Å². The summed E-state index contributed by atoms with van der Waals surface area (Å²) in [5, 5.41) is 0. The molecule has 2 nitrogen and oxygen atoms in total. The van der Waals surface area contributed by atoms with E-state index in [1.807, 2.05) is 0 Å². The molecule has 0 heterocycles. The SMILES string of the molecule is C=CC([SiH3])(OCCC)OCCC. The first-order valence-corrected chi connectivity index (χ1v) is 5.60. The Labute approximate surface area is 78.4 Å². The maximum Gasteiger partial charge on any atom is 0.159 e. The Kier molecular flexibility index (Phi) is 6.33. The summed E-state index contributed by atoms with van der Waals surface area (Å²) in [4.78, 5) is 0. The topological polar surface area (TPSA) is 18.5 Å². The highest BCUT2D eigenvalue weighted by atomic mass is 28.1. The summed E-state index contributed by atoms with van der Waals surface area (Å²) in [6, 6.07) is 0. The van der Waals surface area contributed by atoms with Crippen LogP contribution >= 0.6 is 0 Å². The Hall–Kier alpha value is -0.123. The van der Waals surface area contributed by atoms with E-state index < -0.39 is 5.41 Å². The van der Waals surface area contributed by atoms with Crippen molar-refractivity contribution in [3.63, 3.8) is 0 Å². The molecular weight excluding hydrogens is 168 g/mol. The molecule has 0 saturated heterocycles. The molecule has 0 rings (SSSR count). The van der Waals surface area contributed by atoms with E-state index in [1.54, 1.807) is 6.08 Å². The molecule has 72 valence electrons. The van der Waals surface area contributed by atoms with Crippen molar-refractivity contribution in [3.05, 3.63) is 12.7 Å². The minimum atomic E-state index is -0.452. The number of hydrogen-bond acceptors (Lipinski definition) is 2. The van der Waals surface area contributed by atoms with Gasteiger partial charge in [0.2, 0.25) is 0 Å². The molecule has 0 bridgehead atoms. The first-order chi connectivity index (χ1) is 5.68. The van der Waals surface area contributed by atoms with Gasteiger partial charge in [0.15, 0.2) is 5.41 Å². The lowest BCUT2D eigenvalue weighted by Gasteiger charge is -2.26. The van der Waals surface area contributed by atoms with Crippen molar-refractivity contribution in [1.82, 2.24) is 0 Å². The van der Waals surface area contributed by atoms with Gasteiger partial charge in [-0.15, -0.1) is 0 Å². The minimum absolute atomic E-state index is 0.452. The molecule has 0 aromatic heterocycles. The van der Waals surface area contributed by atoms with Crippen LogP contribution in [-0.2, 0) is 9.47 Å². The maximum absolute atomic E-state index is 5.55. The van der Waals surface area contributed by atoms with Crippen LogP contribution in [-0.4, -0.2) is 28.9 Å². The molecule has 0 N–H and O–H groups in total. The van der Waals surface area contributed by atoms with E-state index in [0.717, 1.165) is 36.3 Å². The molecule has 0 saturated carbocycles. The minimum Gasteiger partial charge on any atom is -0.351 e. The van der Waals surface area contributed by atoms with E-state index >= 15 is 0 Å². The van der Waals surface area contributed by atoms with Gasteiger partial charge in [0, 0.05) is 13.2 Å². The third-order valence-electron chi connectivity index (χ3n) is 1.56.